The topological polar surface area (TPSA) is 41.6 Å². The molecule has 1 N–H and O–H groups in total. The van der Waals surface area contributed by atoms with Gasteiger partial charge in [0.15, 0.2) is 0 Å². The van der Waals surface area contributed by atoms with Crippen LogP contribution in [0.2, 0.25) is 0 Å². The minimum absolute atomic E-state index is 0.0728. The van der Waals surface area contributed by atoms with Crippen molar-refractivity contribution in [3.8, 4) is 5.75 Å². The summed E-state index contributed by atoms with van der Waals surface area (Å²) in [7, 11) is 0. The van der Waals surface area contributed by atoms with Crippen LogP contribution in [0.1, 0.15) is 56.5 Å². The van der Waals surface area contributed by atoms with Crippen LogP contribution in [-0.4, -0.2) is 23.5 Å². The highest BCUT2D eigenvalue weighted by molar-refractivity contribution is 6.02. The number of nitrogens with zero attached hydrogens (tertiary/aromatic N) is 1. The number of amides is 1. The van der Waals surface area contributed by atoms with Crippen molar-refractivity contribution in [1.29, 1.82) is 0 Å². The second kappa shape index (κ2) is 7.40. The Balaban J connectivity index is 2.01. The molecule has 1 aliphatic heterocycles. The van der Waals surface area contributed by atoms with E-state index >= 15 is 0 Å². The lowest BCUT2D eigenvalue weighted by Crippen LogP contribution is -2.57. The van der Waals surface area contributed by atoms with Gasteiger partial charge in [-0.2, -0.15) is 0 Å². The summed E-state index contributed by atoms with van der Waals surface area (Å²) in [6.45, 7) is 8.95. The van der Waals surface area contributed by atoms with Gasteiger partial charge in [0.25, 0.3) is 5.91 Å². The number of hydrogen-bond donors (Lipinski definition) is 1. The molecule has 26 heavy (non-hydrogen) atoms. The Morgan fingerprint density at radius 2 is 1.77 bits per heavy atom. The third kappa shape index (κ3) is 3.05. The van der Waals surface area contributed by atoms with Gasteiger partial charge in [0.2, 0.25) is 0 Å². The van der Waals surface area contributed by atoms with E-state index in [2.05, 4.69) is 38.2 Å². The number of carbonyl (C=O) groups is 1. The smallest absolute Gasteiger partial charge is 0.258 e. The SMILES string of the molecule is CCC(C)Oc1ccc(C2(CC)Nc3ccccc3C(=O)N2CC)cc1. The molecule has 0 bridgehead atoms. The second-order valence-electron chi connectivity index (χ2n) is 6.79. The van der Waals surface area contributed by atoms with Crippen LogP contribution in [0.15, 0.2) is 48.5 Å². The minimum atomic E-state index is -0.547. The summed E-state index contributed by atoms with van der Waals surface area (Å²) in [6.07, 6.45) is 1.93. The highest BCUT2D eigenvalue weighted by Crippen LogP contribution is 2.40. The number of carbonyl (C=O) groups excluding carboxylic acids is 1. The van der Waals surface area contributed by atoms with E-state index in [0.717, 1.165) is 35.4 Å². The molecule has 3 rings (SSSR count). The molecule has 2 aromatic carbocycles. The van der Waals surface area contributed by atoms with E-state index in [1.807, 2.05) is 48.2 Å². The zero-order chi connectivity index (χ0) is 18.7. The Bertz CT molecular complexity index is 772. The predicted octanol–water partition coefficient (Wildman–Crippen LogP) is 5.01. The van der Waals surface area contributed by atoms with Gasteiger partial charge in [-0.1, -0.05) is 38.1 Å². The maximum atomic E-state index is 13.1. The van der Waals surface area contributed by atoms with Gasteiger partial charge >= 0.3 is 0 Å². The van der Waals surface area contributed by atoms with Crippen LogP contribution in [0.25, 0.3) is 0 Å². The van der Waals surface area contributed by atoms with E-state index in [0.29, 0.717) is 6.54 Å². The first-order chi connectivity index (χ1) is 12.6. The highest BCUT2D eigenvalue weighted by atomic mass is 16.5. The normalized spacial score (nSPS) is 20.3. The fraction of sp³-hybridized carbons (Fsp3) is 0.409. The van der Waals surface area contributed by atoms with E-state index in [4.69, 9.17) is 4.74 Å². The minimum Gasteiger partial charge on any atom is -0.491 e. The summed E-state index contributed by atoms with van der Waals surface area (Å²) < 4.78 is 5.90. The molecule has 0 saturated carbocycles. The molecule has 0 aliphatic carbocycles. The molecular weight excluding hydrogens is 324 g/mol. The Labute approximate surface area is 156 Å². The largest absolute Gasteiger partial charge is 0.491 e. The lowest BCUT2D eigenvalue weighted by atomic mass is 9.89. The number of ether oxygens (including phenoxy) is 1. The van der Waals surface area contributed by atoms with Gasteiger partial charge in [-0.3, -0.25) is 4.79 Å². The van der Waals surface area contributed by atoms with E-state index in [1.54, 1.807) is 0 Å². The fourth-order valence-electron chi connectivity index (χ4n) is 3.64. The molecule has 0 saturated heterocycles. The molecule has 0 fully saturated rings. The lowest BCUT2D eigenvalue weighted by molar-refractivity contribution is 0.0503. The van der Waals surface area contributed by atoms with Gasteiger partial charge in [-0.05, 0) is 56.5 Å². The molecule has 0 radical (unpaired) electrons. The molecule has 4 heteroatoms. The van der Waals surface area contributed by atoms with Gasteiger partial charge in [-0.15, -0.1) is 0 Å². The first kappa shape index (κ1) is 18.3. The molecule has 0 aromatic heterocycles. The molecule has 2 unspecified atom stereocenters. The molecule has 4 nitrogen and oxygen atoms in total. The van der Waals surface area contributed by atoms with Gasteiger partial charge in [0.05, 0.1) is 11.7 Å². The lowest BCUT2D eigenvalue weighted by Gasteiger charge is -2.48. The van der Waals surface area contributed by atoms with Crippen molar-refractivity contribution >= 4 is 11.6 Å². The average Bonchev–Trinajstić information content (AvgIpc) is 2.68. The Morgan fingerprint density at radius 1 is 1.08 bits per heavy atom. The van der Waals surface area contributed by atoms with E-state index < -0.39 is 5.66 Å². The standard InChI is InChI=1S/C22H28N2O2/c1-5-16(4)26-18-14-12-17(13-15-18)22(6-2)23-20-11-9-8-10-19(20)21(25)24(22)7-3/h8-16,23H,5-7H2,1-4H3. The van der Waals surface area contributed by atoms with E-state index in [-0.39, 0.29) is 12.0 Å². The van der Waals surface area contributed by atoms with Gasteiger partial charge in [0.1, 0.15) is 11.4 Å². The third-order valence-electron chi connectivity index (χ3n) is 5.28. The summed E-state index contributed by atoms with van der Waals surface area (Å²) in [5, 5.41) is 3.64. The quantitative estimate of drug-likeness (QED) is 0.794. The Kier molecular flexibility index (Phi) is 5.21. The zero-order valence-electron chi connectivity index (χ0n) is 16.1. The van der Waals surface area contributed by atoms with Crippen molar-refractivity contribution in [2.45, 2.75) is 52.3 Å². The van der Waals surface area contributed by atoms with Crippen molar-refractivity contribution in [1.82, 2.24) is 4.90 Å². The first-order valence-electron chi connectivity index (χ1n) is 9.52. The Morgan fingerprint density at radius 3 is 2.38 bits per heavy atom. The number of hydrogen-bond acceptors (Lipinski definition) is 3. The summed E-state index contributed by atoms with van der Waals surface area (Å²) in [5.74, 6) is 0.934. The summed E-state index contributed by atoms with van der Waals surface area (Å²) >= 11 is 0. The number of anilines is 1. The molecule has 2 atom stereocenters. The summed E-state index contributed by atoms with van der Waals surface area (Å²) in [6, 6.07) is 15.9. The van der Waals surface area contributed by atoms with Crippen LogP contribution < -0.4 is 10.1 Å². The summed E-state index contributed by atoms with van der Waals surface area (Å²) in [5.41, 5.74) is 2.15. The fourth-order valence-corrected chi connectivity index (χ4v) is 3.64. The van der Waals surface area contributed by atoms with Crippen molar-refractivity contribution in [2.24, 2.45) is 0 Å². The van der Waals surface area contributed by atoms with Gasteiger partial charge in [-0.25, -0.2) is 0 Å². The number of fused-ring (bicyclic) bond motifs is 1. The average molecular weight is 352 g/mol. The molecule has 1 amide bonds. The van der Waals surface area contributed by atoms with E-state index in [9.17, 15) is 4.79 Å². The first-order valence-corrected chi connectivity index (χ1v) is 9.52. The van der Waals surface area contributed by atoms with Crippen molar-refractivity contribution in [3.05, 3.63) is 59.7 Å². The monoisotopic (exact) mass is 352 g/mol. The van der Waals surface area contributed by atoms with Crippen LogP contribution in [0.4, 0.5) is 5.69 Å². The Hall–Kier alpha value is -2.49. The molecular formula is C22H28N2O2. The molecule has 1 heterocycles. The highest BCUT2D eigenvalue weighted by Gasteiger charge is 2.43. The van der Waals surface area contributed by atoms with E-state index in [1.165, 1.54) is 0 Å². The number of nitrogens with one attached hydrogen (secondary N) is 1. The molecule has 1 aliphatic rings. The number of benzene rings is 2. The summed E-state index contributed by atoms with van der Waals surface area (Å²) in [4.78, 5) is 15.0. The third-order valence-corrected chi connectivity index (χ3v) is 5.28. The second-order valence-corrected chi connectivity index (χ2v) is 6.79. The van der Waals surface area contributed by atoms with Crippen LogP contribution in [0, 0.1) is 0 Å². The maximum Gasteiger partial charge on any atom is 0.258 e. The molecule has 2 aromatic rings. The molecule has 0 spiro atoms. The van der Waals surface area contributed by atoms with Crippen LogP contribution in [-0.2, 0) is 5.66 Å². The van der Waals surface area contributed by atoms with Gasteiger partial charge < -0.3 is 15.0 Å². The predicted molar refractivity (Wildman–Crippen MR) is 106 cm³/mol. The number of rotatable bonds is 6. The van der Waals surface area contributed by atoms with Crippen molar-refractivity contribution in [2.75, 3.05) is 11.9 Å². The van der Waals surface area contributed by atoms with Crippen molar-refractivity contribution < 1.29 is 9.53 Å². The maximum absolute atomic E-state index is 13.1. The number of para-hydroxylation sites is 1. The van der Waals surface area contributed by atoms with Crippen LogP contribution in [0.5, 0.6) is 5.75 Å². The van der Waals surface area contributed by atoms with Crippen molar-refractivity contribution in [3.63, 3.8) is 0 Å². The van der Waals surface area contributed by atoms with Gasteiger partial charge in [0, 0.05) is 12.2 Å². The van der Waals surface area contributed by atoms with Crippen LogP contribution >= 0.6 is 0 Å². The zero-order valence-corrected chi connectivity index (χ0v) is 16.1. The molecule has 138 valence electrons. The van der Waals surface area contributed by atoms with Crippen LogP contribution in [0.3, 0.4) is 0 Å².